The van der Waals surface area contributed by atoms with Crippen LogP contribution in [0.15, 0.2) is 53.4 Å². The second-order valence-electron chi connectivity index (χ2n) is 5.95. The second kappa shape index (κ2) is 7.94. The summed E-state index contributed by atoms with van der Waals surface area (Å²) in [4.78, 5) is 11.9. The Labute approximate surface area is 151 Å². The number of carbonyl (C=O) groups excluding carboxylic acids is 1. The molecule has 138 valence electrons. The van der Waals surface area contributed by atoms with Crippen LogP contribution in [0.5, 0.6) is 0 Å². The number of hydrogen-bond donors (Lipinski definition) is 2. The third-order valence-corrected chi connectivity index (χ3v) is 5.48. The summed E-state index contributed by atoms with van der Waals surface area (Å²) in [6, 6.07) is 11.7. The third kappa shape index (κ3) is 4.46. The van der Waals surface area contributed by atoms with Crippen LogP contribution in [0.4, 0.5) is 10.1 Å². The maximum absolute atomic E-state index is 14.3. The average molecular weight is 378 g/mol. The number of anilines is 1. The Morgan fingerprint density at radius 3 is 2.62 bits per heavy atom. The van der Waals surface area contributed by atoms with E-state index in [4.69, 9.17) is 4.74 Å². The van der Waals surface area contributed by atoms with Gasteiger partial charge in [0.2, 0.25) is 10.0 Å². The number of carbonyl (C=O) groups is 1. The first kappa shape index (κ1) is 18.5. The van der Waals surface area contributed by atoms with E-state index in [0.717, 1.165) is 18.9 Å². The van der Waals surface area contributed by atoms with Crippen LogP contribution in [0, 0.1) is 5.82 Å². The summed E-state index contributed by atoms with van der Waals surface area (Å²) in [5.41, 5.74) is 0.291. The molecule has 0 saturated carbocycles. The molecule has 0 radical (unpaired) electrons. The quantitative estimate of drug-likeness (QED) is 0.809. The normalized spacial score (nSPS) is 17.2. The van der Waals surface area contributed by atoms with Gasteiger partial charge in [-0.05, 0) is 43.2 Å². The Morgan fingerprint density at radius 2 is 1.96 bits per heavy atom. The van der Waals surface area contributed by atoms with Gasteiger partial charge in [0.15, 0.2) is 0 Å². The molecule has 2 N–H and O–H groups in total. The molecule has 1 amide bonds. The van der Waals surface area contributed by atoms with E-state index in [9.17, 15) is 17.6 Å². The Bertz CT molecular complexity index is 881. The molecule has 0 bridgehead atoms. The van der Waals surface area contributed by atoms with Crippen LogP contribution in [0.3, 0.4) is 0 Å². The molecule has 2 aromatic rings. The summed E-state index contributed by atoms with van der Waals surface area (Å²) in [5, 5.41) is 2.43. The van der Waals surface area contributed by atoms with E-state index in [2.05, 4.69) is 10.0 Å². The van der Waals surface area contributed by atoms with Gasteiger partial charge in [-0.25, -0.2) is 17.5 Å². The first-order valence-electron chi connectivity index (χ1n) is 8.23. The average Bonchev–Trinajstić information content (AvgIpc) is 3.16. The zero-order valence-electron chi connectivity index (χ0n) is 13.9. The fraction of sp³-hybridized carbons (Fsp3) is 0.278. The van der Waals surface area contributed by atoms with E-state index >= 15 is 0 Å². The van der Waals surface area contributed by atoms with Crippen molar-refractivity contribution < 1.29 is 22.3 Å². The van der Waals surface area contributed by atoms with Crippen molar-refractivity contribution in [1.29, 1.82) is 0 Å². The lowest BCUT2D eigenvalue weighted by atomic mass is 10.2. The van der Waals surface area contributed by atoms with Crippen molar-refractivity contribution in [3.05, 3.63) is 59.9 Å². The Morgan fingerprint density at radius 1 is 1.19 bits per heavy atom. The van der Waals surface area contributed by atoms with Crippen LogP contribution < -0.4 is 10.0 Å². The first-order chi connectivity index (χ1) is 12.5. The molecule has 1 fully saturated rings. The van der Waals surface area contributed by atoms with Gasteiger partial charge in [-0.1, -0.05) is 18.2 Å². The number of amides is 1. The number of ether oxygens (including phenoxy) is 1. The molecule has 6 nitrogen and oxygen atoms in total. The van der Waals surface area contributed by atoms with E-state index in [1.807, 2.05) is 0 Å². The summed E-state index contributed by atoms with van der Waals surface area (Å²) < 4.78 is 46.6. The molecular formula is C18H19FN2O4S. The Balaban J connectivity index is 1.69. The van der Waals surface area contributed by atoms with Crippen LogP contribution in [0.25, 0.3) is 0 Å². The highest BCUT2D eigenvalue weighted by atomic mass is 32.2. The van der Waals surface area contributed by atoms with Crippen LogP contribution in [-0.4, -0.2) is 33.6 Å². The van der Waals surface area contributed by atoms with Gasteiger partial charge < -0.3 is 10.1 Å². The molecule has 1 heterocycles. The number of rotatable bonds is 6. The standard InChI is InChI=1S/C18H19FN2O4S/c19-16-11-15(26(23,24)20-12-14-7-4-10-25-14)8-9-17(16)21-18(22)13-5-2-1-3-6-13/h1-3,5-6,8-9,11,14,20H,4,7,10,12H2,(H,21,22)/t14-/m1/s1. The number of halogens is 1. The van der Waals surface area contributed by atoms with Gasteiger partial charge in [-0.2, -0.15) is 0 Å². The highest BCUT2D eigenvalue weighted by Crippen LogP contribution is 2.20. The minimum absolute atomic E-state index is 0.0862. The highest BCUT2D eigenvalue weighted by molar-refractivity contribution is 7.89. The number of hydrogen-bond acceptors (Lipinski definition) is 4. The highest BCUT2D eigenvalue weighted by Gasteiger charge is 2.21. The molecule has 1 aliphatic rings. The van der Waals surface area contributed by atoms with Crippen LogP contribution in [0.1, 0.15) is 23.2 Å². The third-order valence-electron chi connectivity index (χ3n) is 4.06. The van der Waals surface area contributed by atoms with Gasteiger partial charge in [-0.15, -0.1) is 0 Å². The van der Waals surface area contributed by atoms with Crippen molar-refractivity contribution in [3.63, 3.8) is 0 Å². The molecule has 8 heteroatoms. The lowest BCUT2D eigenvalue weighted by Gasteiger charge is -2.12. The molecule has 1 saturated heterocycles. The molecule has 0 spiro atoms. The summed E-state index contributed by atoms with van der Waals surface area (Å²) in [6.07, 6.45) is 1.54. The molecule has 3 rings (SSSR count). The second-order valence-corrected chi connectivity index (χ2v) is 7.72. The van der Waals surface area contributed by atoms with E-state index in [1.165, 1.54) is 12.1 Å². The topological polar surface area (TPSA) is 84.5 Å². The van der Waals surface area contributed by atoms with E-state index in [0.29, 0.717) is 12.2 Å². The minimum Gasteiger partial charge on any atom is -0.377 e. The monoisotopic (exact) mass is 378 g/mol. The summed E-state index contributed by atoms with van der Waals surface area (Å²) in [6.45, 7) is 0.771. The molecule has 2 aromatic carbocycles. The van der Waals surface area contributed by atoms with Gasteiger partial charge in [0.1, 0.15) is 5.82 Å². The fourth-order valence-corrected chi connectivity index (χ4v) is 3.72. The van der Waals surface area contributed by atoms with Gasteiger partial charge >= 0.3 is 0 Å². The fourth-order valence-electron chi connectivity index (χ4n) is 2.64. The van der Waals surface area contributed by atoms with Crippen LogP contribution in [0.2, 0.25) is 0 Å². The molecule has 0 aromatic heterocycles. The van der Waals surface area contributed by atoms with Crippen LogP contribution >= 0.6 is 0 Å². The van der Waals surface area contributed by atoms with Crippen molar-refractivity contribution in [3.8, 4) is 0 Å². The van der Waals surface area contributed by atoms with E-state index in [-0.39, 0.29) is 23.2 Å². The number of benzene rings is 2. The summed E-state index contributed by atoms with van der Waals surface area (Å²) >= 11 is 0. The smallest absolute Gasteiger partial charge is 0.255 e. The largest absolute Gasteiger partial charge is 0.377 e. The maximum Gasteiger partial charge on any atom is 0.255 e. The van der Waals surface area contributed by atoms with Gasteiger partial charge in [-0.3, -0.25) is 4.79 Å². The number of nitrogens with one attached hydrogen (secondary N) is 2. The predicted octanol–water partition coefficient (Wildman–Crippen LogP) is 2.54. The lowest BCUT2D eigenvalue weighted by molar-refractivity contribution is 0.102. The van der Waals surface area contributed by atoms with Gasteiger partial charge in [0.25, 0.3) is 5.91 Å². The maximum atomic E-state index is 14.3. The van der Waals surface area contributed by atoms with Crippen LogP contribution in [-0.2, 0) is 14.8 Å². The zero-order chi connectivity index (χ0) is 18.6. The zero-order valence-corrected chi connectivity index (χ0v) is 14.8. The summed E-state index contributed by atoms with van der Waals surface area (Å²) in [5.74, 6) is -1.30. The lowest BCUT2D eigenvalue weighted by Crippen LogP contribution is -2.31. The minimum atomic E-state index is -3.85. The van der Waals surface area contributed by atoms with Crippen molar-refractivity contribution in [1.82, 2.24) is 4.72 Å². The van der Waals surface area contributed by atoms with Crippen molar-refractivity contribution >= 4 is 21.6 Å². The van der Waals surface area contributed by atoms with Crippen molar-refractivity contribution in [2.75, 3.05) is 18.5 Å². The van der Waals surface area contributed by atoms with Crippen molar-refractivity contribution in [2.24, 2.45) is 0 Å². The Kier molecular flexibility index (Phi) is 5.65. The Hall–Kier alpha value is -2.29. The summed E-state index contributed by atoms with van der Waals surface area (Å²) in [7, 11) is -3.85. The molecule has 0 unspecified atom stereocenters. The first-order valence-corrected chi connectivity index (χ1v) is 9.71. The molecule has 1 aliphatic heterocycles. The van der Waals surface area contributed by atoms with Gasteiger partial charge in [0, 0.05) is 18.7 Å². The molecule has 1 atom stereocenters. The number of sulfonamides is 1. The molecular weight excluding hydrogens is 359 g/mol. The molecule has 0 aliphatic carbocycles. The SMILES string of the molecule is O=C(Nc1ccc(S(=O)(=O)NC[C@H]2CCCO2)cc1F)c1ccccc1. The van der Waals surface area contributed by atoms with E-state index < -0.39 is 21.7 Å². The predicted molar refractivity (Wildman–Crippen MR) is 95.0 cm³/mol. The van der Waals surface area contributed by atoms with Gasteiger partial charge in [0.05, 0.1) is 16.7 Å². The molecule has 26 heavy (non-hydrogen) atoms. The van der Waals surface area contributed by atoms with E-state index in [1.54, 1.807) is 30.3 Å². The van der Waals surface area contributed by atoms with Crippen molar-refractivity contribution in [2.45, 2.75) is 23.8 Å².